The van der Waals surface area contributed by atoms with E-state index in [1.807, 2.05) is 0 Å². The molecule has 0 bridgehead atoms. The Balaban J connectivity index is 1.85. The summed E-state index contributed by atoms with van der Waals surface area (Å²) in [6.45, 7) is 2.89. The van der Waals surface area contributed by atoms with Crippen LogP contribution in [0.3, 0.4) is 0 Å². The van der Waals surface area contributed by atoms with Crippen LogP contribution in [0.4, 0.5) is 0 Å². The molecule has 11 nitrogen and oxygen atoms in total. The molecule has 1 aromatic rings. The first kappa shape index (κ1) is 19.9. The average Bonchev–Trinajstić information content (AvgIpc) is 3.08. The number of ketones is 1. The lowest BCUT2D eigenvalue weighted by Crippen LogP contribution is -2.71. The number of amides is 2. The molecule has 1 unspecified atom stereocenters. The Labute approximate surface area is 166 Å². The standard InChI is InChI=1S/C15H15N5O6S2/c1-5(21)8(19-26-3)11(22)16-9-13(23)20-10(15(24)25)7(4-27-14(9)20)12-18-17-6(2)28-12/h9,14H,4H2,1-3H3,(H,16,22)(H,24,25)/t9?,14-/m1/s1. The Morgan fingerprint density at radius 2 is 2.07 bits per heavy atom. The van der Waals surface area contributed by atoms with Gasteiger partial charge in [-0.2, -0.15) is 0 Å². The molecule has 1 fully saturated rings. The van der Waals surface area contributed by atoms with Gasteiger partial charge in [0.05, 0.1) is 0 Å². The summed E-state index contributed by atoms with van der Waals surface area (Å²) in [6.07, 6.45) is 0. The third-order valence-electron chi connectivity index (χ3n) is 3.97. The third kappa shape index (κ3) is 3.38. The smallest absolute Gasteiger partial charge is 0.353 e. The first-order valence-electron chi connectivity index (χ1n) is 7.90. The van der Waals surface area contributed by atoms with Gasteiger partial charge in [-0.15, -0.1) is 22.0 Å². The number of aryl methyl sites for hydroxylation is 1. The predicted octanol–water partition coefficient (Wildman–Crippen LogP) is -0.366. The molecule has 1 aromatic heterocycles. The first-order valence-corrected chi connectivity index (χ1v) is 9.77. The molecule has 0 saturated carbocycles. The first-order chi connectivity index (χ1) is 13.3. The number of nitrogens with one attached hydrogen (secondary N) is 1. The van der Waals surface area contributed by atoms with E-state index >= 15 is 0 Å². The van der Waals surface area contributed by atoms with E-state index in [0.717, 1.165) is 11.8 Å². The number of nitrogens with zero attached hydrogens (tertiary/aromatic N) is 4. The van der Waals surface area contributed by atoms with Crippen molar-refractivity contribution in [1.82, 2.24) is 20.4 Å². The van der Waals surface area contributed by atoms with Gasteiger partial charge in [-0.25, -0.2) is 4.79 Å². The number of hydrogen-bond acceptors (Lipinski definition) is 10. The third-order valence-corrected chi connectivity index (χ3v) is 6.15. The van der Waals surface area contributed by atoms with E-state index in [4.69, 9.17) is 0 Å². The van der Waals surface area contributed by atoms with Gasteiger partial charge in [0.15, 0.2) is 5.78 Å². The number of carboxylic acid groups (broad SMARTS) is 1. The molecule has 0 aromatic carbocycles. The largest absolute Gasteiger partial charge is 0.477 e. The number of aromatic nitrogens is 2. The molecular weight excluding hydrogens is 410 g/mol. The van der Waals surface area contributed by atoms with Crippen molar-refractivity contribution in [1.29, 1.82) is 0 Å². The van der Waals surface area contributed by atoms with Crippen LogP contribution in [0.2, 0.25) is 0 Å². The summed E-state index contributed by atoms with van der Waals surface area (Å²) in [6, 6.07) is -0.981. The van der Waals surface area contributed by atoms with Crippen LogP contribution in [-0.2, 0) is 24.0 Å². The van der Waals surface area contributed by atoms with Crippen LogP contribution in [0.5, 0.6) is 0 Å². The fourth-order valence-electron chi connectivity index (χ4n) is 2.77. The summed E-state index contributed by atoms with van der Waals surface area (Å²) < 4.78 is 0. The number of carbonyl (C=O) groups excluding carboxylic acids is 3. The lowest BCUT2D eigenvalue weighted by atomic mass is 10.0. The number of aliphatic carboxylic acids is 1. The number of hydrogen-bond donors (Lipinski definition) is 2. The van der Waals surface area contributed by atoms with Crippen LogP contribution in [0, 0.1) is 6.92 Å². The summed E-state index contributed by atoms with van der Waals surface area (Å²) in [4.78, 5) is 53.7. The lowest BCUT2D eigenvalue weighted by molar-refractivity contribution is -0.149. The predicted molar refractivity (Wildman–Crippen MR) is 99.3 cm³/mol. The lowest BCUT2D eigenvalue weighted by Gasteiger charge is -2.49. The van der Waals surface area contributed by atoms with Gasteiger partial charge in [-0.05, 0) is 6.92 Å². The van der Waals surface area contributed by atoms with Crippen molar-refractivity contribution in [2.45, 2.75) is 25.3 Å². The minimum Gasteiger partial charge on any atom is -0.477 e. The van der Waals surface area contributed by atoms with Crippen molar-refractivity contribution in [3.63, 3.8) is 0 Å². The topological polar surface area (TPSA) is 151 Å². The zero-order chi connectivity index (χ0) is 20.6. The van der Waals surface area contributed by atoms with Crippen molar-refractivity contribution in [2.24, 2.45) is 5.16 Å². The SMILES string of the molecule is CON=C(C(C)=O)C(=O)NC1C(=O)N2C(C(=O)O)=C(c3nnc(C)s3)CS[C@H]12. The fraction of sp³-hybridized carbons (Fsp3) is 0.400. The zero-order valence-corrected chi connectivity index (χ0v) is 16.6. The summed E-state index contributed by atoms with van der Waals surface area (Å²) in [5, 5.41) is 23.8. The Morgan fingerprint density at radius 1 is 1.36 bits per heavy atom. The second kappa shape index (κ2) is 7.67. The van der Waals surface area contributed by atoms with Crippen LogP contribution in [0.1, 0.15) is 16.9 Å². The van der Waals surface area contributed by atoms with E-state index in [9.17, 15) is 24.3 Å². The van der Waals surface area contributed by atoms with E-state index in [1.54, 1.807) is 6.92 Å². The van der Waals surface area contributed by atoms with E-state index < -0.39 is 40.7 Å². The second-order valence-electron chi connectivity index (χ2n) is 5.80. The molecule has 13 heteroatoms. The Kier molecular flexibility index (Phi) is 5.47. The highest BCUT2D eigenvalue weighted by Crippen LogP contribution is 2.43. The maximum atomic E-state index is 12.6. The van der Waals surface area contributed by atoms with Crippen molar-refractivity contribution in [3.05, 3.63) is 15.7 Å². The molecule has 3 rings (SSSR count). The number of fused-ring (bicyclic) bond motifs is 1. The molecule has 2 aliphatic rings. The van der Waals surface area contributed by atoms with Gasteiger partial charge in [-0.3, -0.25) is 19.3 Å². The molecule has 3 heterocycles. The molecule has 1 saturated heterocycles. The van der Waals surface area contributed by atoms with Gasteiger partial charge in [-0.1, -0.05) is 16.5 Å². The molecule has 0 spiro atoms. The molecule has 2 aliphatic heterocycles. The van der Waals surface area contributed by atoms with Gasteiger partial charge in [0, 0.05) is 18.2 Å². The minimum absolute atomic E-state index is 0.173. The highest BCUT2D eigenvalue weighted by molar-refractivity contribution is 8.00. The summed E-state index contributed by atoms with van der Waals surface area (Å²) >= 11 is 2.52. The number of oxime groups is 1. The van der Waals surface area contributed by atoms with E-state index in [-0.39, 0.29) is 11.4 Å². The van der Waals surface area contributed by atoms with E-state index in [2.05, 4.69) is 25.5 Å². The molecule has 2 atom stereocenters. The van der Waals surface area contributed by atoms with Gasteiger partial charge >= 0.3 is 5.97 Å². The second-order valence-corrected chi connectivity index (χ2v) is 8.08. The molecule has 2 N–H and O–H groups in total. The molecule has 0 aliphatic carbocycles. The normalized spacial score (nSPS) is 21.8. The summed E-state index contributed by atoms with van der Waals surface area (Å²) in [5.74, 6) is -3.07. The number of rotatable bonds is 6. The zero-order valence-electron chi connectivity index (χ0n) is 15.0. The number of Topliss-reactive ketones (excluding diaryl/α,β-unsaturated/α-hetero) is 1. The van der Waals surface area contributed by atoms with Gasteiger partial charge < -0.3 is 15.3 Å². The monoisotopic (exact) mass is 425 g/mol. The molecular formula is C15H15N5O6S2. The highest BCUT2D eigenvalue weighted by Gasteiger charge is 2.55. The Bertz CT molecular complexity index is 939. The van der Waals surface area contributed by atoms with Gasteiger partial charge in [0.1, 0.15) is 34.2 Å². The van der Waals surface area contributed by atoms with Crippen LogP contribution < -0.4 is 5.32 Å². The van der Waals surface area contributed by atoms with E-state index in [1.165, 1.54) is 30.2 Å². The van der Waals surface area contributed by atoms with Crippen LogP contribution >= 0.6 is 23.1 Å². The number of β-lactam (4-membered cyclic amide) rings is 1. The Morgan fingerprint density at radius 3 is 2.61 bits per heavy atom. The molecule has 2 amide bonds. The van der Waals surface area contributed by atoms with Crippen molar-refractivity contribution >= 4 is 58.0 Å². The van der Waals surface area contributed by atoms with Crippen LogP contribution in [-0.4, -0.2) is 73.8 Å². The summed E-state index contributed by atoms with van der Waals surface area (Å²) in [5.41, 5.74) is -0.246. The maximum absolute atomic E-state index is 12.6. The summed E-state index contributed by atoms with van der Waals surface area (Å²) in [7, 11) is 1.18. The fourth-order valence-corrected chi connectivity index (χ4v) is 4.94. The maximum Gasteiger partial charge on any atom is 0.353 e. The van der Waals surface area contributed by atoms with Crippen molar-refractivity contribution < 1.29 is 29.1 Å². The van der Waals surface area contributed by atoms with Crippen LogP contribution in [0.25, 0.3) is 5.57 Å². The van der Waals surface area contributed by atoms with E-state index in [0.29, 0.717) is 15.6 Å². The van der Waals surface area contributed by atoms with Crippen molar-refractivity contribution in [3.8, 4) is 0 Å². The number of carboxylic acids is 1. The molecule has 148 valence electrons. The van der Waals surface area contributed by atoms with Crippen molar-refractivity contribution in [2.75, 3.05) is 12.9 Å². The molecule has 28 heavy (non-hydrogen) atoms. The van der Waals surface area contributed by atoms with Gasteiger partial charge in [0.25, 0.3) is 11.8 Å². The van der Waals surface area contributed by atoms with Gasteiger partial charge in [0.2, 0.25) is 5.71 Å². The number of carbonyl (C=O) groups is 4. The molecule has 0 radical (unpaired) electrons. The van der Waals surface area contributed by atoms with Crippen LogP contribution in [0.15, 0.2) is 10.9 Å². The average molecular weight is 425 g/mol. The quantitative estimate of drug-likeness (QED) is 0.269. The highest BCUT2D eigenvalue weighted by atomic mass is 32.2. The number of thioether (sulfide) groups is 1. The Hall–Kier alpha value is -2.80. The minimum atomic E-state index is -1.27.